The number of hydrogen-bond donors (Lipinski definition) is 0. The molecule has 0 radical (unpaired) electrons. The fourth-order valence-corrected chi connectivity index (χ4v) is 10.4. The molecule has 35 heavy (non-hydrogen) atoms. The van der Waals surface area contributed by atoms with Crippen molar-refractivity contribution in [3.8, 4) is 0 Å². The van der Waals surface area contributed by atoms with Gasteiger partial charge in [-0.25, -0.2) is 0 Å². The molecule has 0 amide bonds. The quantitative estimate of drug-likeness (QED) is 0.207. The topological polar surface area (TPSA) is 17.1 Å². The van der Waals surface area contributed by atoms with Crippen LogP contribution in [0.4, 0.5) is 0 Å². The van der Waals surface area contributed by atoms with E-state index in [-0.39, 0.29) is 0 Å². The van der Waals surface area contributed by atoms with Gasteiger partial charge in [0.1, 0.15) is 0 Å². The predicted octanol–water partition coefficient (Wildman–Crippen LogP) is 10.4. The van der Waals surface area contributed by atoms with Crippen molar-refractivity contribution in [2.24, 2.45) is 40.4 Å². The molecule has 0 aromatic carbocycles. The number of hydrogen-bond acceptors (Lipinski definition) is 2. The summed E-state index contributed by atoms with van der Waals surface area (Å²) in [6, 6.07) is 0. The van der Waals surface area contributed by atoms with Crippen LogP contribution < -0.4 is 0 Å². The minimum Gasteiger partial charge on any atom is -0.287 e. The largest absolute Gasteiger partial charge is 0.287 e. The molecule has 4 rings (SSSR count). The third-order valence-corrected chi connectivity index (χ3v) is 12.8. The van der Waals surface area contributed by atoms with Crippen LogP contribution in [0, 0.1) is 40.4 Å². The lowest BCUT2D eigenvalue weighted by Crippen LogP contribution is -2.50. The summed E-state index contributed by atoms with van der Waals surface area (Å²) >= 11 is 1.70. The Balaban J connectivity index is 1.35. The van der Waals surface area contributed by atoms with Crippen LogP contribution >= 0.6 is 11.8 Å². The molecule has 3 fully saturated rings. The van der Waals surface area contributed by atoms with Gasteiger partial charge < -0.3 is 0 Å². The highest BCUT2D eigenvalue weighted by Gasteiger charge is 2.58. The highest BCUT2D eigenvalue weighted by molar-refractivity contribution is 8.14. The third-order valence-electron chi connectivity index (χ3n) is 11.7. The molecule has 4 aliphatic carbocycles. The Labute approximate surface area is 222 Å². The summed E-state index contributed by atoms with van der Waals surface area (Å²) < 4.78 is 0. The Bertz CT molecular complexity index is 741. The van der Waals surface area contributed by atoms with Crippen molar-refractivity contribution in [1.29, 1.82) is 0 Å². The lowest BCUT2D eigenvalue weighted by atomic mass is 9.47. The lowest BCUT2D eigenvalue weighted by molar-refractivity contribution is -0.111. The van der Waals surface area contributed by atoms with Crippen molar-refractivity contribution in [3.63, 3.8) is 0 Å². The van der Waals surface area contributed by atoms with Crippen molar-refractivity contribution in [2.75, 3.05) is 0 Å². The minimum absolute atomic E-state index is 0.415. The molecule has 1 nitrogen and oxygen atoms in total. The van der Waals surface area contributed by atoms with Crippen LogP contribution in [0.15, 0.2) is 11.6 Å². The minimum atomic E-state index is 0.415. The molecule has 0 bridgehead atoms. The summed E-state index contributed by atoms with van der Waals surface area (Å²) in [5.41, 5.74) is 2.77. The monoisotopic (exact) mass is 500 g/mol. The zero-order valence-electron chi connectivity index (χ0n) is 23.9. The van der Waals surface area contributed by atoms with Crippen molar-refractivity contribution in [3.05, 3.63) is 11.6 Å². The van der Waals surface area contributed by atoms with Crippen LogP contribution in [0.3, 0.4) is 0 Å². The van der Waals surface area contributed by atoms with E-state index in [0.29, 0.717) is 27.1 Å². The van der Waals surface area contributed by atoms with Gasteiger partial charge >= 0.3 is 0 Å². The Morgan fingerprint density at radius 2 is 1.77 bits per heavy atom. The van der Waals surface area contributed by atoms with Crippen LogP contribution in [0.1, 0.15) is 144 Å². The molecule has 2 heteroatoms. The van der Waals surface area contributed by atoms with E-state index < -0.39 is 0 Å². The van der Waals surface area contributed by atoms with E-state index in [1.165, 1.54) is 96.3 Å². The summed E-state index contributed by atoms with van der Waals surface area (Å²) in [4.78, 5) is 12.6. The fraction of sp³-hybridized carbons (Fsp3) is 0.909. The van der Waals surface area contributed by atoms with Gasteiger partial charge in [-0.2, -0.15) is 0 Å². The summed E-state index contributed by atoms with van der Waals surface area (Å²) in [5.74, 6) is 4.31. The molecule has 200 valence electrons. The summed E-state index contributed by atoms with van der Waals surface area (Å²) in [6.45, 7) is 12.1. The van der Waals surface area contributed by atoms with Crippen molar-refractivity contribution < 1.29 is 4.79 Å². The van der Waals surface area contributed by atoms with Crippen LogP contribution in [0.5, 0.6) is 0 Å². The maximum Gasteiger partial charge on any atom is 0.189 e. The van der Waals surface area contributed by atoms with Crippen LogP contribution in [-0.4, -0.2) is 10.4 Å². The van der Waals surface area contributed by atoms with Crippen LogP contribution in [-0.2, 0) is 4.79 Å². The molecule has 0 heterocycles. The first-order valence-corrected chi connectivity index (χ1v) is 16.6. The van der Waals surface area contributed by atoms with Crippen molar-refractivity contribution in [1.82, 2.24) is 0 Å². The number of thioether (sulfide) groups is 1. The van der Waals surface area contributed by atoms with E-state index in [1.54, 1.807) is 17.3 Å². The first kappa shape index (κ1) is 27.8. The molecule has 0 aromatic heterocycles. The van der Waals surface area contributed by atoms with Gasteiger partial charge in [-0.05, 0) is 98.2 Å². The van der Waals surface area contributed by atoms with E-state index in [2.05, 4.69) is 40.7 Å². The normalized spacial score (nSPS) is 39.3. The predicted molar refractivity (Wildman–Crippen MR) is 154 cm³/mol. The molecule has 8 atom stereocenters. The number of allylic oxidation sites excluding steroid dienone is 2. The molecule has 0 saturated heterocycles. The molecular weight excluding hydrogens is 444 g/mol. The van der Waals surface area contributed by atoms with Gasteiger partial charge in [0.15, 0.2) is 5.12 Å². The molecule has 0 unspecified atom stereocenters. The summed E-state index contributed by atoms with van der Waals surface area (Å²) in [6.07, 6.45) is 25.7. The Kier molecular flexibility index (Phi) is 9.59. The van der Waals surface area contributed by atoms with E-state index >= 15 is 0 Å². The van der Waals surface area contributed by atoms with Gasteiger partial charge in [-0.15, -0.1) is 0 Å². The van der Waals surface area contributed by atoms with Crippen LogP contribution in [0.25, 0.3) is 0 Å². The standard InChI is InChI=1S/C33H56OS/c1-6-8-9-10-11-12-13-25-15-17-29-28-16-14-26-23-27(35-31(34)22-24(3)7-2)18-20-33(26,5)30(28)19-21-32(25,29)4/h14,24-25,27-30H,6-13,15-23H2,1-5H3/t24-,25-,27-,28-,29-,30-,32+,33-/m0/s1. The highest BCUT2D eigenvalue weighted by atomic mass is 32.2. The zero-order chi connectivity index (χ0) is 25.1. The van der Waals surface area contributed by atoms with E-state index in [0.717, 1.165) is 36.5 Å². The lowest BCUT2D eigenvalue weighted by Gasteiger charge is -2.58. The first-order valence-electron chi connectivity index (χ1n) is 15.7. The third kappa shape index (κ3) is 5.93. The second-order valence-electron chi connectivity index (χ2n) is 13.7. The summed E-state index contributed by atoms with van der Waals surface area (Å²) in [5, 5.41) is 0.975. The molecule has 0 aromatic rings. The second kappa shape index (κ2) is 12.1. The van der Waals surface area contributed by atoms with Crippen LogP contribution in [0.2, 0.25) is 0 Å². The fourth-order valence-electron chi connectivity index (χ4n) is 9.15. The smallest absolute Gasteiger partial charge is 0.189 e. The molecule has 3 saturated carbocycles. The van der Waals surface area contributed by atoms with E-state index in [4.69, 9.17) is 0 Å². The summed E-state index contributed by atoms with van der Waals surface area (Å²) in [7, 11) is 0. The zero-order valence-corrected chi connectivity index (χ0v) is 24.7. The average molecular weight is 501 g/mol. The number of carbonyl (C=O) groups is 1. The SMILES string of the molecule is CCCCCCCC[C@H]1CC[C@H]2[C@@H]3CC=C4C[C@@H](SC(=O)C[C@@H](C)CC)CC[C@]4(C)[C@H]3CC[C@]12C. The van der Waals surface area contributed by atoms with Gasteiger partial charge in [-0.3, -0.25) is 4.79 Å². The number of fused-ring (bicyclic) bond motifs is 5. The highest BCUT2D eigenvalue weighted by Crippen LogP contribution is 2.67. The van der Waals surface area contributed by atoms with E-state index in [1.807, 2.05) is 0 Å². The second-order valence-corrected chi connectivity index (χ2v) is 15.1. The van der Waals surface area contributed by atoms with Crippen molar-refractivity contribution >= 4 is 16.9 Å². The molecule has 0 spiro atoms. The maximum atomic E-state index is 12.6. The van der Waals surface area contributed by atoms with Crippen molar-refractivity contribution in [2.45, 2.75) is 149 Å². The Morgan fingerprint density at radius 3 is 2.54 bits per heavy atom. The Hall–Kier alpha value is -0.240. The van der Waals surface area contributed by atoms with Gasteiger partial charge in [-0.1, -0.05) is 103 Å². The Morgan fingerprint density at radius 1 is 1.00 bits per heavy atom. The molecule has 0 N–H and O–H groups in total. The van der Waals surface area contributed by atoms with Gasteiger partial charge in [0.2, 0.25) is 0 Å². The molecule has 4 aliphatic rings. The van der Waals surface area contributed by atoms with Gasteiger partial charge in [0.05, 0.1) is 0 Å². The van der Waals surface area contributed by atoms with Gasteiger partial charge in [0, 0.05) is 11.7 Å². The first-order chi connectivity index (χ1) is 16.8. The number of carbonyl (C=O) groups excluding carboxylic acids is 1. The number of unbranched alkanes of at least 4 members (excludes halogenated alkanes) is 5. The molecule has 0 aliphatic heterocycles. The number of rotatable bonds is 11. The van der Waals surface area contributed by atoms with Gasteiger partial charge in [0.25, 0.3) is 0 Å². The maximum absolute atomic E-state index is 12.6. The molecular formula is C33H56OS. The average Bonchev–Trinajstić information content (AvgIpc) is 3.17. The van der Waals surface area contributed by atoms with E-state index in [9.17, 15) is 4.79 Å².